The van der Waals surface area contributed by atoms with Crippen LogP contribution in [0.4, 0.5) is 0 Å². The Morgan fingerprint density at radius 2 is 2.11 bits per heavy atom. The number of aromatic nitrogens is 2. The van der Waals surface area contributed by atoms with Crippen molar-refractivity contribution in [2.75, 3.05) is 20.2 Å². The lowest BCUT2D eigenvalue weighted by Gasteiger charge is -2.19. The second-order valence-corrected chi connectivity index (χ2v) is 7.97. The first kappa shape index (κ1) is 18.4. The molecule has 0 bridgehead atoms. The third-order valence-corrected chi connectivity index (χ3v) is 5.56. The first-order chi connectivity index (χ1) is 13.2. The lowest BCUT2D eigenvalue weighted by Crippen LogP contribution is -2.21. The predicted octanol–water partition coefficient (Wildman–Crippen LogP) is 3.71. The number of H-pyrrole nitrogens is 1. The maximum absolute atomic E-state index is 12.1. The first-order valence-corrected chi connectivity index (χ1v) is 10.2. The van der Waals surface area contributed by atoms with Gasteiger partial charge in [-0.3, -0.25) is 4.79 Å². The van der Waals surface area contributed by atoms with Gasteiger partial charge in [-0.1, -0.05) is 24.3 Å². The summed E-state index contributed by atoms with van der Waals surface area (Å²) in [6.45, 7) is 2.82. The molecule has 0 spiro atoms. The zero-order chi connectivity index (χ0) is 18.6. The SMILES string of the molecule is CN(CCCC1CCCO1)Cc1ccccc1-c1nc(C2CC2)cc(=O)[nH]1. The third kappa shape index (κ3) is 4.85. The summed E-state index contributed by atoms with van der Waals surface area (Å²) in [6, 6.07) is 9.92. The molecule has 1 atom stereocenters. The van der Waals surface area contributed by atoms with Gasteiger partial charge in [-0.05, 0) is 57.7 Å². The van der Waals surface area contributed by atoms with Crippen LogP contribution in [0.2, 0.25) is 0 Å². The van der Waals surface area contributed by atoms with E-state index in [1.165, 1.54) is 18.4 Å². The van der Waals surface area contributed by atoms with E-state index in [0.717, 1.165) is 56.6 Å². The van der Waals surface area contributed by atoms with E-state index in [-0.39, 0.29) is 5.56 Å². The molecule has 27 heavy (non-hydrogen) atoms. The normalized spacial score (nSPS) is 19.7. The van der Waals surface area contributed by atoms with Gasteiger partial charge in [-0.25, -0.2) is 4.98 Å². The van der Waals surface area contributed by atoms with Crippen LogP contribution in [0.15, 0.2) is 35.1 Å². The van der Waals surface area contributed by atoms with Crippen LogP contribution < -0.4 is 5.56 Å². The molecule has 1 aromatic heterocycles. The van der Waals surface area contributed by atoms with Crippen molar-refractivity contribution in [2.45, 2.75) is 57.1 Å². The fourth-order valence-corrected chi connectivity index (χ4v) is 3.91. The Kier molecular flexibility index (Phi) is 5.69. The van der Waals surface area contributed by atoms with Crippen molar-refractivity contribution in [3.63, 3.8) is 0 Å². The monoisotopic (exact) mass is 367 g/mol. The van der Waals surface area contributed by atoms with Gasteiger partial charge in [0.1, 0.15) is 5.82 Å². The molecule has 1 saturated carbocycles. The summed E-state index contributed by atoms with van der Waals surface area (Å²) in [5, 5.41) is 0. The molecule has 5 nitrogen and oxygen atoms in total. The molecule has 4 rings (SSSR count). The topological polar surface area (TPSA) is 58.2 Å². The van der Waals surface area contributed by atoms with Crippen molar-refractivity contribution in [1.29, 1.82) is 0 Å². The predicted molar refractivity (Wildman–Crippen MR) is 107 cm³/mol. The Balaban J connectivity index is 1.44. The molecule has 2 aliphatic rings. The molecule has 1 aromatic carbocycles. The Bertz CT molecular complexity index is 822. The molecule has 2 fully saturated rings. The van der Waals surface area contributed by atoms with Crippen LogP contribution in [-0.4, -0.2) is 41.2 Å². The molecule has 2 heterocycles. The fourth-order valence-electron chi connectivity index (χ4n) is 3.91. The Morgan fingerprint density at radius 3 is 2.89 bits per heavy atom. The van der Waals surface area contributed by atoms with Crippen LogP contribution in [0.25, 0.3) is 11.4 Å². The number of aromatic amines is 1. The van der Waals surface area contributed by atoms with E-state index in [1.807, 2.05) is 6.07 Å². The zero-order valence-electron chi connectivity index (χ0n) is 16.1. The molecule has 1 saturated heterocycles. The molecule has 1 N–H and O–H groups in total. The minimum atomic E-state index is -0.0541. The van der Waals surface area contributed by atoms with E-state index in [0.29, 0.717) is 17.8 Å². The van der Waals surface area contributed by atoms with Gasteiger partial charge in [-0.2, -0.15) is 0 Å². The average molecular weight is 367 g/mol. The average Bonchev–Trinajstić information content (AvgIpc) is 3.39. The van der Waals surface area contributed by atoms with Gasteiger partial charge in [0.2, 0.25) is 0 Å². The molecule has 5 heteroatoms. The van der Waals surface area contributed by atoms with Crippen molar-refractivity contribution in [3.05, 3.63) is 51.9 Å². The summed E-state index contributed by atoms with van der Waals surface area (Å²) < 4.78 is 5.72. The van der Waals surface area contributed by atoms with Crippen molar-refractivity contribution in [1.82, 2.24) is 14.9 Å². The number of hydrogen-bond donors (Lipinski definition) is 1. The van der Waals surface area contributed by atoms with Gasteiger partial charge in [0.25, 0.3) is 5.56 Å². The highest BCUT2D eigenvalue weighted by Gasteiger charge is 2.26. The molecule has 1 aliphatic carbocycles. The zero-order valence-corrected chi connectivity index (χ0v) is 16.1. The van der Waals surface area contributed by atoms with Gasteiger partial charge in [0, 0.05) is 30.7 Å². The lowest BCUT2D eigenvalue weighted by molar-refractivity contribution is 0.0995. The van der Waals surface area contributed by atoms with E-state index < -0.39 is 0 Å². The molecular formula is C22H29N3O2. The number of hydrogen-bond acceptors (Lipinski definition) is 4. The number of nitrogens with zero attached hydrogens (tertiary/aromatic N) is 2. The maximum atomic E-state index is 12.1. The molecule has 2 aromatic rings. The number of ether oxygens (including phenoxy) is 1. The van der Waals surface area contributed by atoms with Crippen molar-refractivity contribution >= 4 is 0 Å². The highest BCUT2D eigenvalue weighted by atomic mass is 16.5. The Labute approximate surface area is 160 Å². The van der Waals surface area contributed by atoms with Crippen molar-refractivity contribution in [3.8, 4) is 11.4 Å². The smallest absolute Gasteiger partial charge is 0.251 e. The van der Waals surface area contributed by atoms with Gasteiger partial charge >= 0.3 is 0 Å². The van der Waals surface area contributed by atoms with E-state index in [4.69, 9.17) is 9.72 Å². The quantitative estimate of drug-likeness (QED) is 0.773. The van der Waals surface area contributed by atoms with E-state index in [2.05, 4.69) is 35.1 Å². The van der Waals surface area contributed by atoms with Crippen LogP contribution in [0, 0.1) is 0 Å². The van der Waals surface area contributed by atoms with E-state index >= 15 is 0 Å². The molecule has 144 valence electrons. The highest BCUT2D eigenvalue weighted by molar-refractivity contribution is 5.60. The number of benzene rings is 1. The second kappa shape index (κ2) is 8.36. The van der Waals surface area contributed by atoms with Crippen molar-refractivity contribution < 1.29 is 4.74 Å². The highest BCUT2D eigenvalue weighted by Crippen LogP contribution is 2.38. The molecule has 1 aliphatic heterocycles. The molecular weight excluding hydrogens is 338 g/mol. The van der Waals surface area contributed by atoms with Crippen LogP contribution in [0.5, 0.6) is 0 Å². The second-order valence-electron chi connectivity index (χ2n) is 7.97. The van der Waals surface area contributed by atoms with Gasteiger partial charge in [0.15, 0.2) is 0 Å². The van der Waals surface area contributed by atoms with Crippen LogP contribution in [-0.2, 0) is 11.3 Å². The Morgan fingerprint density at radius 1 is 1.26 bits per heavy atom. The summed E-state index contributed by atoms with van der Waals surface area (Å²) >= 11 is 0. The van der Waals surface area contributed by atoms with Crippen molar-refractivity contribution in [2.24, 2.45) is 0 Å². The van der Waals surface area contributed by atoms with Gasteiger partial charge in [0.05, 0.1) is 11.8 Å². The van der Waals surface area contributed by atoms with E-state index in [9.17, 15) is 4.79 Å². The molecule has 1 unspecified atom stereocenters. The van der Waals surface area contributed by atoms with Gasteiger partial charge in [-0.15, -0.1) is 0 Å². The standard InChI is InChI=1S/C22H29N3O2/c1-25(12-4-7-18-8-5-13-27-18)15-17-6-2-3-9-19(17)22-23-20(16-10-11-16)14-21(26)24-22/h2-3,6,9,14,16,18H,4-5,7-8,10-13,15H2,1H3,(H,23,24,26). The summed E-state index contributed by atoms with van der Waals surface area (Å²) in [6.07, 6.45) is 7.46. The van der Waals surface area contributed by atoms with E-state index in [1.54, 1.807) is 6.07 Å². The van der Waals surface area contributed by atoms with Crippen LogP contribution >= 0.6 is 0 Å². The molecule has 0 radical (unpaired) electrons. The minimum Gasteiger partial charge on any atom is -0.378 e. The third-order valence-electron chi connectivity index (χ3n) is 5.56. The summed E-state index contributed by atoms with van der Waals surface area (Å²) in [4.78, 5) is 22.1. The lowest BCUT2D eigenvalue weighted by atomic mass is 10.1. The fraction of sp³-hybridized carbons (Fsp3) is 0.545. The maximum Gasteiger partial charge on any atom is 0.251 e. The summed E-state index contributed by atoms with van der Waals surface area (Å²) in [7, 11) is 2.16. The number of nitrogens with one attached hydrogen (secondary N) is 1. The Hall–Kier alpha value is -1.98. The van der Waals surface area contributed by atoms with Gasteiger partial charge < -0.3 is 14.6 Å². The largest absolute Gasteiger partial charge is 0.378 e. The van der Waals surface area contributed by atoms with Crippen LogP contribution in [0.1, 0.15) is 55.7 Å². The summed E-state index contributed by atoms with van der Waals surface area (Å²) in [5.74, 6) is 1.17. The summed E-state index contributed by atoms with van der Waals surface area (Å²) in [5.41, 5.74) is 3.12. The molecule has 0 amide bonds. The van der Waals surface area contributed by atoms with Crippen LogP contribution in [0.3, 0.4) is 0 Å². The first-order valence-electron chi connectivity index (χ1n) is 10.2. The minimum absolute atomic E-state index is 0.0541. The number of rotatable bonds is 8.